The van der Waals surface area contributed by atoms with Crippen LogP contribution >= 0.6 is 8.60 Å². The molecule has 0 radical (unpaired) electrons. The normalized spacial score (nSPS) is 13.3. The Morgan fingerprint density at radius 3 is 2.33 bits per heavy atom. The summed E-state index contributed by atoms with van der Waals surface area (Å²) in [5, 5.41) is 0. The molecule has 2 N–H and O–H groups in total. The van der Waals surface area contributed by atoms with Gasteiger partial charge in [-0.1, -0.05) is 30.3 Å². The molecule has 1 rings (SSSR count). The van der Waals surface area contributed by atoms with Crippen LogP contribution in [0.1, 0.15) is 18.6 Å². The van der Waals surface area contributed by atoms with Gasteiger partial charge in [0.05, 0.1) is 6.10 Å². The minimum absolute atomic E-state index is 0.271. The highest BCUT2D eigenvalue weighted by atomic mass is 31.2. The van der Waals surface area contributed by atoms with Gasteiger partial charge in [0.2, 0.25) is 0 Å². The molecule has 0 aliphatic carbocycles. The third kappa shape index (κ3) is 2.88. The molecule has 0 spiro atoms. The summed E-state index contributed by atoms with van der Waals surface area (Å²) >= 11 is 0. The van der Waals surface area contributed by atoms with Gasteiger partial charge in [-0.25, -0.2) is 0 Å². The summed E-state index contributed by atoms with van der Waals surface area (Å²) in [4.78, 5) is 17.2. The maximum absolute atomic E-state index is 8.58. The van der Waals surface area contributed by atoms with Gasteiger partial charge in [-0.2, -0.15) is 0 Å². The molecule has 0 fully saturated rings. The van der Waals surface area contributed by atoms with Crippen molar-refractivity contribution >= 4 is 8.60 Å². The number of hydrogen-bond acceptors (Lipinski definition) is 3. The molecule has 0 saturated carbocycles. The molecule has 3 nitrogen and oxygen atoms in total. The Hall–Kier alpha value is -0.470. The van der Waals surface area contributed by atoms with Gasteiger partial charge in [-0.05, 0) is 12.5 Å². The van der Waals surface area contributed by atoms with E-state index in [2.05, 4.69) is 0 Å². The molecule has 0 aromatic heterocycles. The van der Waals surface area contributed by atoms with E-state index in [0.29, 0.717) is 0 Å². The molecule has 0 bridgehead atoms. The fourth-order valence-corrected chi connectivity index (χ4v) is 1.33. The highest BCUT2D eigenvalue weighted by Gasteiger charge is 2.09. The fourth-order valence-electron chi connectivity index (χ4n) is 0.926. The topological polar surface area (TPSA) is 49.7 Å². The lowest BCUT2D eigenvalue weighted by atomic mass is 10.1. The molecule has 12 heavy (non-hydrogen) atoms. The van der Waals surface area contributed by atoms with Crippen LogP contribution in [0.2, 0.25) is 0 Å². The zero-order valence-corrected chi connectivity index (χ0v) is 7.61. The van der Waals surface area contributed by atoms with E-state index in [-0.39, 0.29) is 6.10 Å². The first-order valence-corrected chi connectivity index (χ1v) is 4.76. The van der Waals surface area contributed by atoms with Gasteiger partial charge in [-0.3, -0.25) is 0 Å². The Bertz CT molecular complexity index is 225. The van der Waals surface area contributed by atoms with Gasteiger partial charge in [0.1, 0.15) is 0 Å². The van der Waals surface area contributed by atoms with Gasteiger partial charge >= 0.3 is 8.60 Å². The zero-order valence-electron chi connectivity index (χ0n) is 6.71. The third-order valence-electron chi connectivity index (χ3n) is 1.52. The highest BCUT2D eigenvalue weighted by Crippen LogP contribution is 2.33. The lowest BCUT2D eigenvalue weighted by molar-refractivity contribution is 0.189. The van der Waals surface area contributed by atoms with Crippen molar-refractivity contribution in [2.45, 2.75) is 13.0 Å². The van der Waals surface area contributed by atoms with Gasteiger partial charge in [0.25, 0.3) is 0 Å². The first-order valence-electron chi connectivity index (χ1n) is 3.59. The van der Waals surface area contributed by atoms with Crippen molar-refractivity contribution in [1.82, 2.24) is 0 Å². The van der Waals surface area contributed by atoms with Crippen LogP contribution in [0.4, 0.5) is 0 Å². The van der Waals surface area contributed by atoms with Crippen molar-refractivity contribution in [2.24, 2.45) is 0 Å². The lowest BCUT2D eigenvalue weighted by Crippen LogP contribution is -1.94. The van der Waals surface area contributed by atoms with Crippen LogP contribution < -0.4 is 0 Å². The molecule has 0 heterocycles. The van der Waals surface area contributed by atoms with Crippen LogP contribution in [0, 0.1) is 0 Å². The van der Waals surface area contributed by atoms with E-state index in [9.17, 15) is 0 Å². The average Bonchev–Trinajstić information content (AvgIpc) is 2.05. The molecule has 1 aromatic carbocycles. The first kappa shape index (κ1) is 9.62. The van der Waals surface area contributed by atoms with Crippen molar-refractivity contribution in [3.63, 3.8) is 0 Å². The molecule has 1 atom stereocenters. The molecule has 0 unspecified atom stereocenters. The van der Waals surface area contributed by atoms with E-state index in [0.717, 1.165) is 5.56 Å². The number of rotatable bonds is 3. The van der Waals surface area contributed by atoms with E-state index >= 15 is 0 Å². The second kappa shape index (κ2) is 4.53. The van der Waals surface area contributed by atoms with E-state index in [1.54, 1.807) is 6.92 Å². The van der Waals surface area contributed by atoms with Crippen molar-refractivity contribution < 1.29 is 14.3 Å². The Labute approximate surface area is 72.6 Å². The van der Waals surface area contributed by atoms with E-state index in [1.807, 2.05) is 30.3 Å². The second-order valence-corrected chi connectivity index (χ2v) is 3.13. The van der Waals surface area contributed by atoms with Gasteiger partial charge in [-0.15, -0.1) is 0 Å². The van der Waals surface area contributed by atoms with Crippen LogP contribution in [0.15, 0.2) is 30.3 Å². The molecule has 4 heteroatoms. The Balaban J connectivity index is 2.59. The molecule has 0 aliphatic heterocycles. The maximum Gasteiger partial charge on any atom is 0.327 e. The summed E-state index contributed by atoms with van der Waals surface area (Å²) in [6.07, 6.45) is -0.271. The molecular weight excluding hydrogens is 175 g/mol. The maximum atomic E-state index is 8.58. The summed E-state index contributed by atoms with van der Waals surface area (Å²) in [6.45, 7) is 1.77. The predicted molar refractivity (Wildman–Crippen MR) is 47.3 cm³/mol. The first-order chi connectivity index (χ1) is 5.70. The van der Waals surface area contributed by atoms with Crippen molar-refractivity contribution in [3.05, 3.63) is 35.9 Å². The summed E-state index contributed by atoms with van der Waals surface area (Å²) in [6, 6.07) is 9.42. The summed E-state index contributed by atoms with van der Waals surface area (Å²) in [7, 11) is -2.26. The zero-order chi connectivity index (χ0) is 8.97. The average molecular weight is 186 g/mol. The molecule has 0 amide bonds. The summed E-state index contributed by atoms with van der Waals surface area (Å²) in [5.74, 6) is 0. The molecular formula is C8H11O3P. The molecule has 1 aromatic rings. The van der Waals surface area contributed by atoms with Crippen LogP contribution in [0.5, 0.6) is 0 Å². The number of hydrogen-bond donors (Lipinski definition) is 2. The second-order valence-electron chi connectivity index (χ2n) is 2.41. The van der Waals surface area contributed by atoms with E-state index in [1.165, 1.54) is 0 Å². The minimum atomic E-state index is -2.26. The Morgan fingerprint density at radius 1 is 1.25 bits per heavy atom. The van der Waals surface area contributed by atoms with Gasteiger partial charge < -0.3 is 14.3 Å². The highest BCUT2D eigenvalue weighted by molar-refractivity contribution is 7.39. The predicted octanol–water partition coefficient (Wildman–Crippen LogP) is 1.98. The Morgan fingerprint density at radius 2 is 1.83 bits per heavy atom. The lowest BCUT2D eigenvalue weighted by Gasteiger charge is -2.12. The van der Waals surface area contributed by atoms with Gasteiger partial charge in [0, 0.05) is 0 Å². The fraction of sp³-hybridized carbons (Fsp3) is 0.250. The molecule has 0 aliphatic rings. The standard InChI is InChI=1S/C8H11O3P/c1-7(11-12(9)10)8-5-3-2-4-6-8/h2-7,9-10H,1H3/t7-/m0/s1. The summed E-state index contributed by atoms with van der Waals surface area (Å²) in [5.41, 5.74) is 0.938. The van der Waals surface area contributed by atoms with Crippen molar-refractivity contribution in [2.75, 3.05) is 0 Å². The van der Waals surface area contributed by atoms with Crippen molar-refractivity contribution in [1.29, 1.82) is 0 Å². The van der Waals surface area contributed by atoms with Gasteiger partial charge in [0.15, 0.2) is 0 Å². The van der Waals surface area contributed by atoms with Crippen LogP contribution in [-0.4, -0.2) is 9.79 Å². The van der Waals surface area contributed by atoms with E-state index < -0.39 is 8.60 Å². The molecule has 66 valence electrons. The van der Waals surface area contributed by atoms with Crippen LogP contribution in [0.3, 0.4) is 0 Å². The monoisotopic (exact) mass is 186 g/mol. The smallest absolute Gasteiger partial charge is 0.327 e. The quantitative estimate of drug-likeness (QED) is 0.709. The van der Waals surface area contributed by atoms with Crippen LogP contribution in [0.25, 0.3) is 0 Å². The molecule has 0 saturated heterocycles. The number of benzene rings is 1. The summed E-state index contributed by atoms with van der Waals surface area (Å²) < 4.78 is 4.81. The van der Waals surface area contributed by atoms with Crippen molar-refractivity contribution in [3.8, 4) is 0 Å². The van der Waals surface area contributed by atoms with Crippen LogP contribution in [-0.2, 0) is 4.52 Å². The minimum Gasteiger partial charge on any atom is -0.328 e. The van der Waals surface area contributed by atoms with E-state index in [4.69, 9.17) is 14.3 Å². The largest absolute Gasteiger partial charge is 0.328 e. The Kier molecular flexibility index (Phi) is 3.63. The SMILES string of the molecule is C[C@H](OP(O)O)c1ccccc1. The third-order valence-corrected chi connectivity index (χ3v) is 2.03.